The van der Waals surface area contributed by atoms with Gasteiger partial charge in [-0.2, -0.15) is 4.39 Å². The number of pyridine rings is 1. The summed E-state index contributed by atoms with van der Waals surface area (Å²) in [5, 5.41) is 9.23. The number of carbonyl (C=O) groups excluding carboxylic acids is 2. The summed E-state index contributed by atoms with van der Waals surface area (Å²) < 4.78 is 17.2. The van der Waals surface area contributed by atoms with Gasteiger partial charge >= 0.3 is 5.97 Å². The molecule has 96 valence electrons. The second-order valence-corrected chi connectivity index (χ2v) is 3.52. The van der Waals surface area contributed by atoms with E-state index in [-0.39, 0.29) is 17.2 Å². The minimum atomic E-state index is -1.09. The molecule has 0 unspecified atom stereocenters. The van der Waals surface area contributed by atoms with Crippen LogP contribution < -0.4 is 0 Å². The van der Waals surface area contributed by atoms with E-state index in [1.54, 1.807) is 6.92 Å². The first-order chi connectivity index (χ1) is 8.45. The van der Waals surface area contributed by atoms with Gasteiger partial charge in [-0.25, -0.2) is 9.78 Å². The number of aliphatic hydroxyl groups excluding tert-OH is 1. The predicted octanol–water partition coefficient (Wildman–Crippen LogP) is 1.91. The number of aromatic nitrogens is 1. The van der Waals surface area contributed by atoms with E-state index in [2.05, 4.69) is 9.72 Å². The minimum absolute atomic E-state index is 0.0130. The number of aliphatic hydroxyl groups is 1. The molecule has 0 saturated carbocycles. The van der Waals surface area contributed by atoms with E-state index in [1.165, 1.54) is 0 Å². The molecule has 1 aromatic rings. The monoisotopic (exact) mass is 273 g/mol. The topological polar surface area (TPSA) is 76.5 Å². The number of ketones is 1. The third-order valence-electron chi connectivity index (χ3n) is 1.84. The smallest absolute Gasteiger partial charge is 0.379 e. The number of hydrogen-bond donors (Lipinski definition) is 1. The number of nitrogens with zero attached hydrogens (tertiary/aromatic N) is 1. The fraction of sp³-hybridized carbons (Fsp3) is 0.182. The summed E-state index contributed by atoms with van der Waals surface area (Å²) in [6.07, 6.45) is 1.63. The van der Waals surface area contributed by atoms with Crippen molar-refractivity contribution in [2.24, 2.45) is 0 Å². The van der Waals surface area contributed by atoms with Gasteiger partial charge in [0.2, 0.25) is 5.95 Å². The average Bonchev–Trinajstić information content (AvgIpc) is 2.32. The van der Waals surface area contributed by atoms with Crippen LogP contribution in [0.4, 0.5) is 4.39 Å². The SMILES string of the molecule is CCOC(=O)C(=O)/C=C(\O)c1cnc(F)c(Cl)c1. The van der Waals surface area contributed by atoms with Gasteiger partial charge in [0.25, 0.3) is 5.78 Å². The number of halogens is 2. The van der Waals surface area contributed by atoms with Crippen LogP contribution in [0.1, 0.15) is 12.5 Å². The fourth-order valence-corrected chi connectivity index (χ4v) is 1.20. The lowest BCUT2D eigenvalue weighted by Gasteiger charge is -2.01. The Morgan fingerprint density at radius 3 is 2.83 bits per heavy atom. The molecule has 0 fully saturated rings. The first kappa shape index (κ1) is 14.1. The van der Waals surface area contributed by atoms with Crippen molar-refractivity contribution >= 4 is 29.1 Å². The molecule has 0 spiro atoms. The van der Waals surface area contributed by atoms with Crippen LogP contribution in [-0.2, 0) is 14.3 Å². The Kier molecular flexibility index (Phi) is 4.79. The Labute approximate surface area is 107 Å². The number of ether oxygens (including phenoxy) is 1. The van der Waals surface area contributed by atoms with Crippen LogP contribution in [-0.4, -0.2) is 28.4 Å². The minimum Gasteiger partial charge on any atom is -0.507 e. The molecule has 0 aliphatic rings. The van der Waals surface area contributed by atoms with E-state index in [4.69, 9.17) is 11.6 Å². The molecule has 0 bridgehead atoms. The maximum atomic E-state index is 12.8. The number of esters is 1. The van der Waals surface area contributed by atoms with Gasteiger partial charge in [0.05, 0.1) is 11.6 Å². The van der Waals surface area contributed by atoms with E-state index in [9.17, 15) is 19.1 Å². The normalized spacial score (nSPS) is 11.2. The van der Waals surface area contributed by atoms with Crippen LogP contribution in [0, 0.1) is 5.95 Å². The van der Waals surface area contributed by atoms with Crippen molar-refractivity contribution in [1.82, 2.24) is 4.98 Å². The average molecular weight is 274 g/mol. The predicted molar refractivity (Wildman–Crippen MR) is 61.5 cm³/mol. The van der Waals surface area contributed by atoms with Gasteiger partial charge in [0.15, 0.2) is 0 Å². The van der Waals surface area contributed by atoms with Crippen LogP contribution in [0.5, 0.6) is 0 Å². The van der Waals surface area contributed by atoms with Crippen LogP contribution in [0.15, 0.2) is 18.3 Å². The van der Waals surface area contributed by atoms with Gasteiger partial charge in [-0.15, -0.1) is 0 Å². The summed E-state index contributed by atoms with van der Waals surface area (Å²) >= 11 is 5.45. The van der Waals surface area contributed by atoms with Crippen molar-refractivity contribution in [3.8, 4) is 0 Å². The van der Waals surface area contributed by atoms with Gasteiger partial charge < -0.3 is 9.84 Å². The molecule has 0 atom stereocenters. The van der Waals surface area contributed by atoms with Crippen molar-refractivity contribution in [2.75, 3.05) is 6.61 Å². The standard InChI is InChI=1S/C11H9ClFNO4/c1-2-18-11(17)9(16)4-8(15)6-3-7(12)10(13)14-5-6/h3-5,15H,2H2,1H3/b8-4-. The summed E-state index contributed by atoms with van der Waals surface area (Å²) in [5.74, 6) is -3.58. The number of rotatable bonds is 4. The molecule has 1 aromatic heterocycles. The maximum Gasteiger partial charge on any atom is 0.379 e. The molecule has 1 N–H and O–H groups in total. The van der Waals surface area contributed by atoms with Crippen LogP contribution in [0.25, 0.3) is 5.76 Å². The lowest BCUT2D eigenvalue weighted by Crippen LogP contribution is -2.15. The maximum absolute atomic E-state index is 12.8. The van der Waals surface area contributed by atoms with Gasteiger partial charge in [0, 0.05) is 17.8 Å². The number of carbonyl (C=O) groups is 2. The number of hydrogen-bond acceptors (Lipinski definition) is 5. The Morgan fingerprint density at radius 2 is 2.28 bits per heavy atom. The van der Waals surface area contributed by atoms with E-state index >= 15 is 0 Å². The molecule has 0 aromatic carbocycles. The van der Waals surface area contributed by atoms with Crippen molar-refractivity contribution < 1.29 is 23.8 Å². The summed E-state index contributed by atoms with van der Waals surface area (Å²) in [6.45, 7) is 1.58. The highest BCUT2D eigenvalue weighted by Crippen LogP contribution is 2.18. The second-order valence-electron chi connectivity index (χ2n) is 3.11. The lowest BCUT2D eigenvalue weighted by atomic mass is 10.2. The highest BCUT2D eigenvalue weighted by Gasteiger charge is 2.14. The third-order valence-corrected chi connectivity index (χ3v) is 2.10. The summed E-state index contributed by atoms with van der Waals surface area (Å²) in [7, 11) is 0. The second kappa shape index (κ2) is 6.11. The first-order valence-corrected chi connectivity index (χ1v) is 5.26. The lowest BCUT2D eigenvalue weighted by molar-refractivity contribution is -0.151. The van der Waals surface area contributed by atoms with Crippen molar-refractivity contribution in [3.63, 3.8) is 0 Å². The molecule has 0 aliphatic carbocycles. The zero-order chi connectivity index (χ0) is 13.7. The Morgan fingerprint density at radius 1 is 1.61 bits per heavy atom. The molecule has 0 amide bonds. The van der Waals surface area contributed by atoms with Crippen molar-refractivity contribution in [3.05, 3.63) is 34.9 Å². The van der Waals surface area contributed by atoms with E-state index in [0.29, 0.717) is 6.08 Å². The molecule has 18 heavy (non-hydrogen) atoms. The molecule has 0 saturated heterocycles. The van der Waals surface area contributed by atoms with Gasteiger partial charge in [-0.3, -0.25) is 4.79 Å². The van der Waals surface area contributed by atoms with Crippen LogP contribution in [0.3, 0.4) is 0 Å². The Hall–Kier alpha value is -1.95. The molecular weight excluding hydrogens is 265 g/mol. The summed E-state index contributed by atoms with van der Waals surface area (Å²) in [6, 6.07) is 1.08. The molecular formula is C11H9ClFNO4. The van der Waals surface area contributed by atoms with E-state index in [1.807, 2.05) is 0 Å². The molecule has 7 heteroatoms. The highest BCUT2D eigenvalue weighted by atomic mass is 35.5. The molecule has 5 nitrogen and oxygen atoms in total. The zero-order valence-corrected chi connectivity index (χ0v) is 10.1. The van der Waals surface area contributed by atoms with Gasteiger partial charge in [-0.05, 0) is 13.0 Å². The summed E-state index contributed by atoms with van der Waals surface area (Å²) in [5.41, 5.74) is 0.0130. The van der Waals surface area contributed by atoms with Crippen molar-refractivity contribution in [2.45, 2.75) is 6.92 Å². The Bertz CT molecular complexity index is 516. The fourth-order valence-electron chi connectivity index (χ4n) is 1.03. The van der Waals surface area contributed by atoms with Gasteiger partial charge in [-0.1, -0.05) is 11.6 Å². The largest absolute Gasteiger partial charge is 0.507 e. The van der Waals surface area contributed by atoms with Crippen LogP contribution >= 0.6 is 11.6 Å². The third kappa shape index (κ3) is 3.53. The molecule has 0 radical (unpaired) electrons. The van der Waals surface area contributed by atoms with Gasteiger partial charge in [0.1, 0.15) is 5.76 Å². The first-order valence-electron chi connectivity index (χ1n) is 4.88. The highest BCUT2D eigenvalue weighted by molar-refractivity contribution is 6.39. The molecule has 0 aliphatic heterocycles. The molecule has 1 heterocycles. The Balaban J connectivity index is 2.92. The zero-order valence-electron chi connectivity index (χ0n) is 9.31. The summed E-state index contributed by atoms with van der Waals surface area (Å²) in [4.78, 5) is 25.5. The molecule has 1 rings (SSSR count). The van der Waals surface area contributed by atoms with Crippen LogP contribution in [0.2, 0.25) is 5.02 Å². The van der Waals surface area contributed by atoms with E-state index in [0.717, 1.165) is 12.3 Å². The quantitative estimate of drug-likeness (QED) is 0.298. The van der Waals surface area contributed by atoms with Crippen molar-refractivity contribution in [1.29, 1.82) is 0 Å². The van der Waals surface area contributed by atoms with E-state index < -0.39 is 23.5 Å².